The first-order chi connectivity index (χ1) is 11.1. The number of para-hydroxylation sites is 1. The molecule has 23 heavy (non-hydrogen) atoms. The van der Waals surface area contributed by atoms with Gasteiger partial charge in [0.2, 0.25) is 5.91 Å². The molecule has 0 aliphatic carbocycles. The fourth-order valence-corrected chi connectivity index (χ4v) is 3.10. The normalized spacial score (nSPS) is 10.5. The monoisotopic (exact) mass is 325 g/mol. The van der Waals surface area contributed by atoms with Crippen LogP contribution in [0.25, 0.3) is 10.2 Å². The lowest BCUT2D eigenvalue weighted by atomic mass is 10.2. The number of nitrogens with zero attached hydrogens (tertiary/aromatic N) is 1. The van der Waals surface area contributed by atoms with Gasteiger partial charge in [0, 0.05) is 18.2 Å². The average Bonchev–Trinajstić information content (AvgIpc) is 2.95. The first-order valence-electron chi connectivity index (χ1n) is 7.12. The maximum atomic E-state index is 12.2. The molecule has 0 saturated carbocycles. The van der Waals surface area contributed by atoms with Crippen LogP contribution in [0.1, 0.15) is 22.3 Å². The molecule has 2 amide bonds. The zero-order valence-corrected chi connectivity index (χ0v) is 13.3. The van der Waals surface area contributed by atoms with Crippen molar-refractivity contribution in [1.82, 2.24) is 10.3 Å². The van der Waals surface area contributed by atoms with E-state index >= 15 is 0 Å². The lowest BCUT2D eigenvalue weighted by Crippen LogP contribution is -2.22. The zero-order chi connectivity index (χ0) is 16.2. The Bertz CT molecular complexity index is 840. The van der Waals surface area contributed by atoms with E-state index in [1.54, 1.807) is 35.6 Å². The number of rotatable bonds is 4. The maximum absolute atomic E-state index is 12.2. The van der Waals surface area contributed by atoms with Gasteiger partial charge in [0.25, 0.3) is 5.91 Å². The van der Waals surface area contributed by atoms with Crippen LogP contribution < -0.4 is 10.6 Å². The summed E-state index contributed by atoms with van der Waals surface area (Å²) in [6, 6.07) is 14.7. The van der Waals surface area contributed by atoms with E-state index < -0.39 is 0 Å². The first-order valence-corrected chi connectivity index (χ1v) is 7.94. The predicted molar refractivity (Wildman–Crippen MR) is 91.5 cm³/mol. The second-order valence-corrected chi connectivity index (χ2v) is 6.14. The fourth-order valence-electron chi connectivity index (χ4n) is 2.19. The van der Waals surface area contributed by atoms with E-state index in [4.69, 9.17) is 0 Å². The van der Waals surface area contributed by atoms with Gasteiger partial charge in [-0.2, -0.15) is 0 Å². The Kier molecular flexibility index (Phi) is 4.34. The predicted octanol–water partition coefficient (Wildman–Crippen LogP) is 3.18. The zero-order valence-electron chi connectivity index (χ0n) is 12.5. The van der Waals surface area contributed by atoms with Crippen LogP contribution in [0.3, 0.4) is 0 Å². The molecule has 1 heterocycles. The molecule has 0 atom stereocenters. The highest BCUT2D eigenvalue weighted by Gasteiger charge is 2.09. The van der Waals surface area contributed by atoms with Gasteiger partial charge < -0.3 is 10.6 Å². The largest absolute Gasteiger partial charge is 0.346 e. The Labute approximate surface area is 137 Å². The van der Waals surface area contributed by atoms with Crippen LogP contribution >= 0.6 is 11.3 Å². The summed E-state index contributed by atoms with van der Waals surface area (Å²) in [4.78, 5) is 27.8. The van der Waals surface area contributed by atoms with Gasteiger partial charge in [-0.15, -0.1) is 11.3 Å². The van der Waals surface area contributed by atoms with Crippen molar-refractivity contribution in [2.75, 3.05) is 5.32 Å². The number of thiazole rings is 1. The molecule has 0 saturated heterocycles. The lowest BCUT2D eigenvalue weighted by molar-refractivity contribution is -0.114. The van der Waals surface area contributed by atoms with Crippen LogP contribution in [0.5, 0.6) is 0 Å². The van der Waals surface area contributed by atoms with Crippen molar-refractivity contribution in [2.24, 2.45) is 0 Å². The minimum Gasteiger partial charge on any atom is -0.346 e. The third-order valence-corrected chi connectivity index (χ3v) is 4.22. The third-order valence-electron chi connectivity index (χ3n) is 3.18. The Hall–Kier alpha value is -2.73. The molecule has 2 N–H and O–H groups in total. The molecule has 1 aromatic heterocycles. The molecule has 3 aromatic rings. The summed E-state index contributed by atoms with van der Waals surface area (Å²) < 4.78 is 1.10. The van der Waals surface area contributed by atoms with Crippen LogP contribution in [-0.2, 0) is 11.3 Å². The molecule has 5 nitrogen and oxygen atoms in total. The summed E-state index contributed by atoms with van der Waals surface area (Å²) in [6.07, 6.45) is 0. The Morgan fingerprint density at radius 2 is 1.96 bits per heavy atom. The lowest BCUT2D eigenvalue weighted by Gasteiger charge is -2.06. The van der Waals surface area contributed by atoms with Gasteiger partial charge in [-0.05, 0) is 30.3 Å². The third kappa shape index (κ3) is 3.73. The number of nitrogens with one attached hydrogen (secondary N) is 2. The van der Waals surface area contributed by atoms with Crippen LogP contribution in [0.15, 0.2) is 48.5 Å². The first kappa shape index (κ1) is 15.2. The molecule has 0 bridgehead atoms. The Balaban J connectivity index is 1.68. The number of benzene rings is 2. The van der Waals surface area contributed by atoms with Gasteiger partial charge in [0.15, 0.2) is 0 Å². The van der Waals surface area contributed by atoms with Gasteiger partial charge in [0.1, 0.15) is 5.01 Å². The van der Waals surface area contributed by atoms with Crippen LogP contribution in [0.4, 0.5) is 5.69 Å². The Morgan fingerprint density at radius 1 is 1.13 bits per heavy atom. The number of hydrogen-bond acceptors (Lipinski definition) is 4. The molecule has 0 radical (unpaired) electrons. The standard InChI is InChI=1S/C17H15N3O2S/c1-11(21)19-13-6-4-5-12(9-13)17(22)18-10-16-20-14-7-2-3-8-15(14)23-16/h2-9H,10H2,1H3,(H,18,22)(H,19,21). The second kappa shape index (κ2) is 6.58. The summed E-state index contributed by atoms with van der Waals surface area (Å²) in [5.74, 6) is -0.367. The summed E-state index contributed by atoms with van der Waals surface area (Å²) in [7, 11) is 0. The molecule has 116 valence electrons. The number of carbonyl (C=O) groups is 2. The molecule has 0 aliphatic rings. The smallest absolute Gasteiger partial charge is 0.251 e. The summed E-state index contributed by atoms with van der Waals surface area (Å²) >= 11 is 1.56. The summed E-state index contributed by atoms with van der Waals surface area (Å²) in [5.41, 5.74) is 2.04. The van der Waals surface area contributed by atoms with E-state index in [1.165, 1.54) is 6.92 Å². The molecule has 2 aromatic carbocycles. The van der Waals surface area contributed by atoms with Gasteiger partial charge in [0.05, 0.1) is 16.8 Å². The molecule has 0 fully saturated rings. The number of amides is 2. The summed E-state index contributed by atoms with van der Waals surface area (Å²) in [5, 5.41) is 6.37. The molecule has 3 rings (SSSR count). The number of carbonyl (C=O) groups excluding carboxylic acids is 2. The summed E-state index contributed by atoms with van der Waals surface area (Å²) in [6.45, 7) is 1.81. The van der Waals surface area contributed by atoms with Crippen molar-refractivity contribution >= 4 is 39.1 Å². The van der Waals surface area contributed by atoms with Crippen LogP contribution in [0, 0.1) is 0 Å². The second-order valence-electron chi connectivity index (χ2n) is 5.02. The average molecular weight is 325 g/mol. The molecule has 0 aliphatic heterocycles. The van der Waals surface area contributed by atoms with Crippen molar-refractivity contribution in [2.45, 2.75) is 13.5 Å². The maximum Gasteiger partial charge on any atom is 0.251 e. The fraction of sp³-hybridized carbons (Fsp3) is 0.118. The van der Waals surface area contributed by atoms with Gasteiger partial charge >= 0.3 is 0 Å². The van der Waals surface area contributed by atoms with E-state index in [-0.39, 0.29) is 11.8 Å². The van der Waals surface area contributed by atoms with Crippen molar-refractivity contribution in [3.05, 3.63) is 59.1 Å². The molecule has 0 unspecified atom stereocenters. The minimum atomic E-state index is -0.198. The van der Waals surface area contributed by atoms with E-state index in [2.05, 4.69) is 15.6 Å². The topological polar surface area (TPSA) is 71.1 Å². The Morgan fingerprint density at radius 3 is 2.74 bits per heavy atom. The molecular weight excluding hydrogens is 310 g/mol. The number of aromatic nitrogens is 1. The van der Waals surface area contributed by atoms with Crippen molar-refractivity contribution in [3.8, 4) is 0 Å². The van der Waals surface area contributed by atoms with Crippen molar-refractivity contribution in [1.29, 1.82) is 0 Å². The number of fused-ring (bicyclic) bond motifs is 1. The SMILES string of the molecule is CC(=O)Nc1cccc(C(=O)NCc2nc3ccccc3s2)c1. The van der Waals surface area contributed by atoms with Crippen molar-refractivity contribution < 1.29 is 9.59 Å². The molecule has 6 heteroatoms. The highest BCUT2D eigenvalue weighted by molar-refractivity contribution is 7.18. The van der Waals surface area contributed by atoms with Gasteiger partial charge in [-0.1, -0.05) is 18.2 Å². The van der Waals surface area contributed by atoms with Gasteiger partial charge in [-0.25, -0.2) is 4.98 Å². The number of hydrogen-bond donors (Lipinski definition) is 2. The van der Waals surface area contributed by atoms with E-state index in [1.807, 2.05) is 24.3 Å². The highest BCUT2D eigenvalue weighted by atomic mass is 32.1. The van der Waals surface area contributed by atoms with Crippen molar-refractivity contribution in [3.63, 3.8) is 0 Å². The van der Waals surface area contributed by atoms with E-state index in [0.717, 1.165) is 15.2 Å². The highest BCUT2D eigenvalue weighted by Crippen LogP contribution is 2.21. The van der Waals surface area contributed by atoms with E-state index in [0.29, 0.717) is 17.8 Å². The van der Waals surface area contributed by atoms with Gasteiger partial charge in [-0.3, -0.25) is 9.59 Å². The minimum absolute atomic E-state index is 0.169. The van der Waals surface area contributed by atoms with Crippen LogP contribution in [-0.4, -0.2) is 16.8 Å². The number of anilines is 1. The van der Waals surface area contributed by atoms with E-state index in [9.17, 15) is 9.59 Å². The van der Waals surface area contributed by atoms with Crippen LogP contribution in [0.2, 0.25) is 0 Å². The molecular formula is C17H15N3O2S. The quantitative estimate of drug-likeness (QED) is 0.774. The molecule has 0 spiro atoms.